The molecule has 18 heavy (non-hydrogen) atoms. The highest BCUT2D eigenvalue weighted by atomic mass is 15.3. The molecule has 0 bridgehead atoms. The highest BCUT2D eigenvalue weighted by molar-refractivity contribution is 4.99. The topological polar surface area (TPSA) is 33.1 Å². The molecule has 1 aliphatic heterocycles. The fourth-order valence-corrected chi connectivity index (χ4v) is 2.55. The summed E-state index contributed by atoms with van der Waals surface area (Å²) >= 11 is 0. The average molecular weight is 250 g/mol. The van der Waals surface area contributed by atoms with Gasteiger partial charge in [0.2, 0.25) is 0 Å². The zero-order valence-electron chi connectivity index (χ0n) is 11.9. The van der Waals surface area contributed by atoms with Crippen LogP contribution in [0, 0.1) is 0 Å². The Hall–Kier alpha value is -0.870. The molecule has 1 N–H and O–H groups in total. The van der Waals surface area contributed by atoms with Gasteiger partial charge in [-0.2, -0.15) is 5.10 Å². The molecule has 102 valence electrons. The molecular weight excluding hydrogens is 224 g/mol. The van der Waals surface area contributed by atoms with E-state index in [-0.39, 0.29) is 0 Å². The van der Waals surface area contributed by atoms with Gasteiger partial charge in [0.15, 0.2) is 0 Å². The first-order valence-corrected chi connectivity index (χ1v) is 7.11. The molecule has 0 saturated carbocycles. The molecule has 2 heterocycles. The van der Waals surface area contributed by atoms with Crippen LogP contribution in [0.4, 0.5) is 0 Å². The fourth-order valence-electron chi connectivity index (χ4n) is 2.55. The summed E-state index contributed by atoms with van der Waals surface area (Å²) in [6.45, 7) is 7.56. The normalized spacial score (nSPS) is 20.8. The molecule has 0 amide bonds. The Labute approximate surface area is 110 Å². The van der Waals surface area contributed by atoms with Gasteiger partial charge in [0.1, 0.15) is 0 Å². The maximum absolute atomic E-state index is 4.60. The maximum Gasteiger partial charge on any atom is 0.0764 e. The number of hydrogen-bond acceptors (Lipinski definition) is 3. The number of likely N-dealkylation sites (N-methyl/N-ethyl adjacent to an activating group) is 1. The number of nitrogens with zero attached hydrogens (tertiary/aromatic N) is 3. The van der Waals surface area contributed by atoms with Gasteiger partial charge in [-0.1, -0.05) is 6.42 Å². The first-order chi connectivity index (χ1) is 8.65. The van der Waals surface area contributed by atoms with Crippen LogP contribution in [0.2, 0.25) is 0 Å². The van der Waals surface area contributed by atoms with Gasteiger partial charge in [0.05, 0.1) is 5.69 Å². The van der Waals surface area contributed by atoms with Crippen LogP contribution in [0.15, 0.2) is 12.3 Å². The van der Waals surface area contributed by atoms with Crippen LogP contribution in [0.1, 0.15) is 44.8 Å². The summed E-state index contributed by atoms with van der Waals surface area (Å²) in [7, 11) is 2.19. The zero-order valence-corrected chi connectivity index (χ0v) is 11.9. The molecule has 2 rings (SSSR count). The molecule has 1 unspecified atom stereocenters. The summed E-state index contributed by atoms with van der Waals surface area (Å²) in [6.07, 6.45) is 6.09. The van der Waals surface area contributed by atoms with E-state index in [1.54, 1.807) is 0 Å². The monoisotopic (exact) mass is 250 g/mol. The third-order valence-corrected chi connectivity index (χ3v) is 3.57. The van der Waals surface area contributed by atoms with Crippen LogP contribution in [0.3, 0.4) is 0 Å². The van der Waals surface area contributed by atoms with Crippen molar-refractivity contribution >= 4 is 0 Å². The largest absolute Gasteiger partial charge is 0.313 e. The summed E-state index contributed by atoms with van der Waals surface area (Å²) < 4.78 is 2.03. The van der Waals surface area contributed by atoms with Crippen molar-refractivity contribution in [2.75, 3.05) is 20.1 Å². The van der Waals surface area contributed by atoms with E-state index in [0.717, 1.165) is 13.1 Å². The maximum atomic E-state index is 4.60. The van der Waals surface area contributed by atoms with E-state index in [9.17, 15) is 0 Å². The van der Waals surface area contributed by atoms with Gasteiger partial charge in [-0.15, -0.1) is 0 Å². The van der Waals surface area contributed by atoms with Crippen molar-refractivity contribution in [2.45, 2.75) is 51.7 Å². The molecule has 4 heteroatoms. The standard InChI is InChI=1S/C14H26N4/c1-12(2)18-9-7-14(16-18)11-17(3)10-13-6-4-5-8-15-13/h7,9,12-13,15H,4-6,8,10-11H2,1-3H3. The Balaban J connectivity index is 1.80. The van der Waals surface area contributed by atoms with E-state index in [2.05, 4.69) is 48.5 Å². The lowest BCUT2D eigenvalue weighted by Crippen LogP contribution is -2.42. The smallest absolute Gasteiger partial charge is 0.0764 e. The number of nitrogens with one attached hydrogen (secondary N) is 1. The lowest BCUT2D eigenvalue weighted by molar-refractivity contribution is 0.253. The first-order valence-electron chi connectivity index (χ1n) is 7.11. The lowest BCUT2D eigenvalue weighted by Gasteiger charge is -2.27. The van der Waals surface area contributed by atoms with Crippen molar-refractivity contribution in [3.63, 3.8) is 0 Å². The quantitative estimate of drug-likeness (QED) is 0.868. The highest BCUT2D eigenvalue weighted by Gasteiger charge is 2.15. The lowest BCUT2D eigenvalue weighted by atomic mass is 10.0. The molecule has 1 atom stereocenters. The Morgan fingerprint density at radius 3 is 2.94 bits per heavy atom. The summed E-state index contributed by atoms with van der Waals surface area (Å²) in [5, 5.41) is 8.19. The van der Waals surface area contributed by atoms with Crippen LogP contribution < -0.4 is 5.32 Å². The Kier molecular flexibility index (Phi) is 4.78. The van der Waals surface area contributed by atoms with Gasteiger partial charge in [-0.25, -0.2) is 0 Å². The second-order valence-electron chi connectivity index (χ2n) is 5.72. The fraction of sp³-hybridized carbons (Fsp3) is 0.786. The molecule has 0 aromatic carbocycles. The molecule has 1 aliphatic rings. The zero-order chi connectivity index (χ0) is 13.0. The van der Waals surface area contributed by atoms with Crippen molar-refractivity contribution < 1.29 is 0 Å². The van der Waals surface area contributed by atoms with Gasteiger partial charge in [0, 0.05) is 31.4 Å². The Morgan fingerprint density at radius 2 is 2.33 bits per heavy atom. The van der Waals surface area contributed by atoms with Crippen LogP contribution in [0.5, 0.6) is 0 Å². The molecule has 1 aromatic heterocycles. The van der Waals surface area contributed by atoms with E-state index in [1.165, 1.54) is 31.5 Å². The third kappa shape index (κ3) is 3.82. The number of piperidine rings is 1. The number of rotatable bonds is 5. The van der Waals surface area contributed by atoms with Gasteiger partial charge >= 0.3 is 0 Å². The van der Waals surface area contributed by atoms with E-state index in [0.29, 0.717) is 12.1 Å². The first kappa shape index (κ1) is 13.6. The Bertz CT molecular complexity index is 352. The predicted octanol–water partition coefficient (Wildman–Crippen LogP) is 2.04. The summed E-state index contributed by atoms with van der Waals surface area (Å²) in [5.74, 6) is 0. The average Bonchev–Trinajstić information content (AvgIpc) is 2.78. The molecule has 1 saturated heterocycles. The Morgan fingerprint density at radius 1 is 1.50 bits per heavy atom. The van der Waals surface area contributed by atoms with Crippen molar-refractivity contribution in [3.8, 4) is 0 Å². The van der Waals surface area contributed by atoms with Crippen molar-refractivity contribution in [1.29, 1.82) is 0 Å². The van der Waals surface area contributed by atoms with Crippen molar-refractivity contribution in [2.24, 2.45) is 0 Å². The van der Waals surface area contributed by atoms with Crippen LogP contribution in [-0.4, -0.2) is 40.9 Å². The summed E-state index contributed by atoms with van der Waals surface area (Å²) in [6, 6.07) is 3.24. The SMILES string of the molecule is CC(C)n1ccc(CN(C)CC2CCCCN2)n1. The molecular formula is C14H26N4. The van der Waals surface area contributed by atoms with Crippen molar-refractivity contribution in [3.05, 3.63) is 18.0 Å². The second-order valence-corrected chi connectivity index (χ2v) is 5.72. The minimum Gasteiger partial charge on any atom is -0.313 e. The van der Waals surface area contributed by atoms with Gasteiger partial charge in [-0.3, -0.25) is 9.58 Å². The second kappa shape index (κ2) is 6.34. The van der Waals surface area contributed by atoms with E-state index in [4.69, 9.17) is 0 Å². The van der Waals surface area contributed by atoms with Gasteiger partial charge in [0.25, 0.3) is 0 Å². The number of aromatic nitrogens is 2. The summed E-state index contributed by atoms with van der Waals surface area (Å²) in [4.78, 5) is 2.37. The highest BCUT2D eigenvalue weighted by Crippen LogP contribution is 2.10. The van der Waals surface area contributed by atoms with E-state index in [1.807, 2.05) is 4.68 Å². The minimum atomic E-state index is 0.448. The molecule has 0 spiro atoms. The molecule has 1 fully saturated rings. The third-order valence-electron chi connectivity index (χ3n) is 3.57. The van der Waals surface area contributed by atoms with Crippen LogP contribution in [-0.2, 0) is 6.54 Å². The van der Waals surface area contributed by atoms with E-state index < -0.39 is 0 Å². The van der Waals surface area contributed by atoms with Crippen molar-refractivity contribution in [1.82, 2.24) is 20.0 Å². The van der Waals surface area contributed by atoms with E-state index >= 15 is 0 Å². The number of hydrogen-bond donors (Lipinski definition) is 1. The molecule has 0 radical (unpaired) electrons. The van der Waals surface area contributed by atoms with Crippen LogP contribution in [0.25, 0.3) is 0 Å². The summed E-state index contributed by atoms with van der Waals surface area (Å²) in [5.41, 5.74) is 1.17. The minimum absolute atomic E-state index is 0.448. The molecule has 0 aliphatic carbocycles. The van der Waals surface area contributed by atoms with Gasteiger partial charge in [-0.05, 0) is 46.3 Å². The van der Waals surface area contributed by atoms with Gasteiger partial charge < -0.3 is 5.32 Å². The van der Waals surface area contributed by atoms with Crippen LogP contribution >= 0.6 is 0 Å². The predicted molar refractivity (Wildman–Crippen MR) is 74.6 cm³/mol. The molecule has 1 aromatic rings. The molecule has 4 nitrogen and oxygen atoms in total.